The van der Waals surface area contributed by atoms with Gasteiger partial charge in [-0.15, -0.1) is 0 Å². The number of hydrogen-bond acceptors (Lipinski definition) is 5. The Morgan fingerprint density at radius 3 is 2.36 bits per heavy atom. The lowest BCUT2D eigenvalue weighted by Gasteiger charge is -2.32. The zero-order chi connectivity index (χ0) is 21.1. The summed E-state index contributed by atoms with van der Waals surface area (Å²) in [4.78, 5) is 12.1. The molecule has 2 N–H and O–H groups in total. The number of halogens is 1. The van der Waals surface area contributed by atoms with Crippen molar-refractivity contribution in [2.45, 2.75) is 58.1 Å². The molecule has 0 spiro atoms. The molecule has 1 saturated heterocycles. The Hall–Kier alpha value is -1.28. The van der Waals surface area contributed by atoms with Crippen LogP contribution in [0.4, 0.5) is 0 Å². The summed E-state index contributed by atoms with van der Waals surface area (Å²) in [5.41, 5.74) is 5.61. The number of aryl methyl sites for hydroxylation is 1. The number of benzene rings is 1. The minimum atomic E-state index is -0.576. The first-order valence-electron chi connectivity index (χ1n) is 9.51. The molecule has 6 nitrogen and oxygen atoms in total. The SMILES string of the molecule is COCC(C(N)=O)[C@H](CCOc1ccc(Cl)cc1C)B1OC(C)(C)C(C)(C)O1. The third-order valence-electron chi connectivity index (χ3n) is 5.70. The maximum atomic E-state index is 12.1. The molecule has 0 aliphatic carbocycles. The number of methoxy groups -OCH3 is 1. The average molecular weight is 412 g/mol. The molecule has 2 rings (SSSR count). The molecule has 0 aromatic heterocycles. The summed E-state index contributed by atoms with van der Waals surface area (Å²) in [7, 11) is 0.970. The summed E-state index contributed by atoms with van der Waals surface area (Å²) in [5.74, 6) is -0.538. The molecule has 1 unspecified atom stereocenters. The molecule has 156 valence electrons. The van der Waals surface area contributed by atoms with Crippen molar-refractivity contribution in [1.29, 1.82) is 0 Å². The third-order valence-corrected chi connectivity index (χ3v) is 5.93. The molecule has 1 aromatic rings. The van der Waals surface area contributed by atoms with Crippen LogP contribution in [0.3, 0.4) is 0 Å². The fourth-order valence-electron chi connectivity index (χ4n) is 3.27. The second kappa shape index (κ2) is 9.03. The number of amides is 1. The van der Waals surface area contributed by atoms with Crippen molar-refractivity contribution in [2.75, 3.05) is 20.3 Å². The summed E-state index contributed by atoms with van der Waals surface area (Å²) >= 11 is 6.00. The van der Waals surface area contributed by atoms with E-state index in [0.29, 0.717) is 18.1 Å². The summed E-state index contributed by atoms with van der Waals surface area (Å²) < 4.78 is 23.5. The van der Waals surface area contributed by atoms with Crippen LogP contribution >= 0.6 is 11.6 Å². The second-order valence-electron chi connectivity index (χ2n) is 8.30. The lowest BCUT2D eigenvalue weighted by molar-refractivity contribution is -0.123. The van der Waals surface area contributed by atoms with Crippen LogP contribution in [-0.2, 0) is 18.8 Å². The van der Waals surface area contributed by atoms with Crippen LogP contribution in [0.25, 0.3) is 0 Å². The van der Waals surface area contributed by atoms with Gasteiger partial charge in [0.25, 0.3) is 0 Å². The van der Waals surface area contributed by atoms with Crippen molar-refractivity contribution in [1.82, 2.24) is 0 Å². The van der Waals surface area contributed by atoms with Crippen molar-refractivity contribution < 1.29 is 23.6 Å². The van der Waals surface area contributed by atoms with Gasteiger partial charge in [-0.1, -0.05) is 11.6 Å². The van der Waals surface area contributed by atoms with E-state index < -0.39 is 30.1 Å². The number of hydrogen-bond donors (Lipinski definition) is 1. The predicted molar refractivity (Wildman–Crippen MR) is 111 cm³/mol. The molecule has 8 heteroatoms. The molecule has 0 radical (unpaired) electrons. The Bertz CT molecular complexity index is 681. The fraction of sp³-hybridized carbons (Fsp3) is 0.650. The average Bonchev–Trinajstić information content (AvgIpc) is 2.79. The largest absolute Gasteiger partial charge is 0.493 e. The minimum Gasteiger partial charge on any atom is -0.493 e. The van der Waals surface area contributed by atoms with E-state index in [1.54, 1.807) is 13.2 Å². The van der Waals surface area contributed by atoms with Crippen molar-refractivity contribution in [3.63, 3.8) is 0 Å². The molecule has 1 amide bonds. The molecule has 0 bridgehead atoms. The molecule has 1 aromatic carbocycles. The summed E-state index contributed by atoms with van der Waals surface area (Å²) in [6.45, 7) is 10.4. The Morgan fingerprint density at radius 2 is 1.86 bits per heavy atom. The predicted octanol–water partition coefficient (Wildman–Crippen LogP) is 3.63. The first-order chi connectivity index (χ1) is 13.0. The van der Waals surface area contributed by atoms with Crippen molar-refractivity contribution >= 4 is 24.6 Å². The number of carbonyl (C=O) groups is 1. The highest BCUT2D eigenvalue weighted by molar-refractivity contribution is 6.48. The van der Waals surface area contributed by atoms with Crippen molar-refractivity contribution in [3.8, 4) is 5.75 Å². The third kappa shape index (κ3) is 5.20. The number of ether oxygens (including phenoxy) is 2. The van der Waals surface area contributed by atoms with Gasteiger partial charge < -0.3 is 24.5 Å². The van der Waals surface area contributed by atoms with Gasteiger partial charge in [0, 0.05) is 17.9 Å². The van der Waals surface area contributed by atoms with E-state index in [2.05, 4.69) is 0 Å². The van der Waals surface area contributed by atoms with Gasteiger partial charge in [0.15, 0.2) is 0 Å². The van der Waals surface area contributed by atoms with Crippen LogP contribution in [0.5, 0.6) is 5.75 Å². The highest BCUT2D eigenvalue weighted by Crippen LogP contribution is 2.43. The monoisotopic (exact) mass is 411 g/mol. The Morgan fingerprint density at radius 1 is 1.25 bits per heavy atom. The molecule has 1 aliphatic rings. The zero-order valence-electron chi connectivity index (χ0n) is 17.6. The number of rotatable bonds is 9. The van der Waals surface area contributed by atoms with Gasteiger partial charge in [0.05, 0.1) is 30.3 Å². The number of carbonyl (C=O) groups excluding carboxylic acids is 1. The number of primary amides is 1. The van der Waals surface area contributed by atoms with Crippen molar-refractivity contribution in [2.24, 2.45) is 11.7 Å². The molecular formula is C20H31BClNO5. The van der Waals surface area contributed by atoms with Crippen LogP contribution in [0.1, 0.15) is 39.7 Å². The maximum absolute atomic E-state index is 12.1. The van der Waals surface area contributed by atoms with Gasteiger partial charge in [0.2, 0.25) is 5.91 Å². The molecule has 2 atom stereocenters. The van der Waals surface area contributed by atoms with Crippen molar-refractivity contribution in [3.05, 3.63) is 28.8 Å². The van der Waals surface area contributed by atoms with Gasteiger partial charge in [-0.3, -0.25) is 4.79 Å². The van der Waals surface area contributed by atoms with Crippen LogP contribution in [0, 0.1) is 12.8 Å². The maximum Gasteiger partial charge on any atom is 0.462 e. The molecule has 0 saturated carbocycles. The first kappa shape index (κ1) is 23.0. The van der Waals surface area contributed by atoms with Gasteiger partial charge in [-0.25, -0.2) is 0 Å². The van der Waals surface area contributed by atoms with E-state index in [4.69, 9.17) is 36.1 Å². The topological polar surface area (TPSA) is 80.0 Å². The van der Waals surface area contributed by atoms with E-state index in [-0.39, 0.29) is 12.4 Å². The van der Waals surface area contributed by atoms with Gasteiger partial charge in [-0.05, 0) is 64.8 Å². The van der Waals surface area contributed by atoms with Crippen LogP contribution in [0.2, 0.25) is 10.8 Å². The quantitative estimate of drug-likeness (QED) is 0.628. The van der Waals surface area contributed by atoms with Gasteiger partial charge >= 0.3 is 7.12 Å². The van der Waals surface area contributed by atoms with Crippen LogP contribution < -0.4 is 10.5 Å². The molecule has 28 heavy (non-hydrogen) atoms. The lowest BCUT2D eigenvalue weighted by atomic mass is 9.63. The second-order valence-corrected chi connectivity index (χ2v) is 8.74. The smallest absolute Gasteiger partial charge is 0.462 e. The van der Waals surface area contributed by atoms with Crippen LogP contribution in [-0.4, -0.2) is 44.6 Å². The van der Waals surface area contributed by atoms with E-state index in [9.17, 15) is 4.79 Å². The minimum absolute atomic E-state index is 0.198. The Kier molecular flexibility index (Phi) is 7.42. The zero-order valence-corrected chi connectivity index (χ0v) is 18.3. The van der Waals surface area contributed by atoms with E-state index in [1.165, 1.54) is 0 Å². The van der Waals surface area contributed by atoms with Gasteiger partial charge in [-0.2, -0.15) is 0 Å². The molecule has 1 fully saturated rings. The molecule has 1 heterocycles. The molecular weight excluding hydrogens is 380 g/mol. The number of nitrogens with two attached hydrogens (primary N) is 1. The normalized spacial score (nSPS) is 20.0. The van der Waals surface area contributed by atoms with Crippen LogP contribution in [0.15, 0.2) is 18.2 Å². The summed E-state index contributed by atoms with van der Waals surface area (Å²) in [5, 5.41) is 0.661. The highest BCUT2D eigenvalue weighted by atomic mass is 35.5. The van der Waals surface area contributed by atoms with Gasteiger partial charge in [0.1, 0.15) is 5.75 Å². The Balaban J connectivity index is 2.15. The Labute approximate surface area is 173 Å². The van der Waals surface area contributed by atoms with E-state index in [0.717, 1.165) is 11.3 Å². The highest BCUT2D eigenvalue weighted by Gasteiger charge is 2.55. The van der Waals surface area contributed by atoms with E-state index >= 15 is 0 Å². The summed E-state index contributed by atoms with van der Waals surface area (Å²) in [6, 6.07) is 5.47. The summed E-state index contributed by atoms with van der Waals surface area (Å²) in [6.07, 6.45) is 0.524. The lowest BCUT2D eigenvalue weighted by Crippen LogP contribution is -2.41. The standard InChI is InChI=1S/C20H31BClNO5/c1-13-11-14(22)7-8-17(13)26-10-9-16(15(12-25-6)18(23)24)21-27-19(2,3)20(4,5)28-21/h7-8,11,15-16H,9-10,12H2,1-6H3,(H2,23,24)/t15?,16-/m0/s1. The molecule has 1 aliphatic heterocycles. The fourth-order valence-corrected chi connectivity index (χ4v) is 3.49. The van der Waals surface area contributed by atoms with E-state index in [1.807, 2.05) is 46.8 Å². The first-order valence-corrected chi connectivity index (χ1v) is 9.89.